The Morgan fingerprint density at radius 1 is 1.50 bits per heavy atom. The Bertz CT molecular complexity index is 127. The van der Waals surface area contributed by atoms with E-state index in [4.69, 9.17) is 4.55 Å². The average molecular weight is 243 g/mol. The summed E-state index contributed by atoms with van der Waals surface area (Å²) in [5, 5.41) is 0. The minimum Gasteiger partial charge on any atom is -0.286 e. The second-order valence-corrected chi connectivity index (χ2v) is 2.86. The Morgan fingerprint density at radius 3 is 1.88 bits per heavy atom. The Morgan fingerprint density at radius 2 is 1.88 bits per heavy atom. The summed E-state index contributed by atoms with van der Waals surface area (Å²) in [7, 11) is -3.67. The second kappa shape index (κ2) is 4.57. The molecule has 0 heterocycles. The van der Waals surface area contributed by atoms with Crippen molar-refractivity contribution in [1.29, 1.82) is 0 Å². The minimum absolute atomic E-state index is 0. The smallest absolute Gasteiger partial charge is 0.264 e. The molecule has 4 radical (unpaired) electrons. The molecule has 0 aromatic carbocycles. The molecule has 0 amide bonds. The van der Waals surface area contributed by atoms with Gasteiger partial charge in [0.15, 0.2) is 0 Å². The summed E-state index contributed by atoms with van der Waals surface area (Å²) in [6, 6.07) is 0. The van der Waals surface area contributed by atoms with Gasteiger partial charge in [-0.25, -0.2) is 0 Å². The van der Waals surface area contributed by atoms with Crippen LogP contribution in [0, 0.1) is 0 Å². The molecule has 0 aliphatic rings. The van der Waals surface area contributed by atoms with Crippen LogP contribution in [0.3, 0.4) is 0 Å². The van der Waals surface area contributed by atoms with E-state index < -0.39 is 10.1 Å². The van der Waals surface area contributed by atoms with Crippen LogP contribution in [-0.2, 0) is 10.1 Å². The van der Waals surface area contributed by atoms with Crippen LogP contribution >= 0.6 is 0 Å². The molecule has 0 aromatic rings. The summed E-state index contributed by atoms with van der Waals surface area (Å²) in [6.07, 6.45) is 0.471. The first-order valence-corrected chi connectivity index (χ1v) is 3.62. The maximum Gasteiger partial charge on any atom is 0.264 e. The zero-order valence-electron chi connectivity index (χ0n) is 4.59. The maximum atomic E-state index is 9.79. The summed E-state index contributed by atoms with van der Waals surface area (Å²) in [4.78, 5) is 0. The third-order valence-electron chi connectivity index (χ3n) is 0.462. The fraction of sp³-hybridized carbons (Fsp3) is 1.00. The van der Waals surface area contributed by atoms with Gasteiger partial charge in [-0.05, 0) is 6.42 Å². The molecule has 3 nitrogen and oxygen atoms in total. The fourth-order valence-electron chi connectivity index (χ4n) is 0.258. The molecule has 0 aromatic heterocycles. The summed E-state index contributed by atoms with van der Waals surface area (Å²) in [6.45, 7) is 1.69. The topological polar surface area (TPSA) is 54.4 Å². The van der Waals surface area contributed by atoms with Crippen LogP contribution in [0.4, 0.5) is 0 Å². The van der Waals surface area contributed by atoms with E-state index in [1.54, 1.807) is 6.92 Å². The second-order valence-electron chi connectivity index (χ2n) is 1.29. The Labute approximate surface area is 66.2 Å². The van der Waals surface area contributed by atoms with Crippen molar-refractivity contribution in [3.05, 3.63) is 0 Å². The van der Waals surface area contributed by atoms with Gasteiger partial charge in [0.25, 0.3) is 10.1 Å². The van der Waals surface area contributed by atoms with Gasteiger partial charge in [-0.2, -0.15) is 8.42 Å². The van der Waals surface area contributed by atoms with Crippen molar-refractivity contribution in [1.82, 2.24) is 0 Å². The minimum atomic E-state index is -3.67. The van der Waals surface area contributed by atoms with Crippen LogP contribution in [0.25, 0.3) is 0 Å². The van der Waals surface area contributed by atoms with Crippen molar-refractivity contribution in [2.24, 2.45) is 0 Å². The summed E-state index contributed by atoms with van der Waals surface area (Å²) in [5.74, 6) is -0.132. The van der Waals surface area contributed by atoms with Crippen LogP contribution < -0.4 is 0 Å². The van der Waals surface area contributed by atoms with Gasteiger partial charge in [0, 0.05) is 23.9 Å². The quantitative estimate of drug-likeness (QED) is 0.544. The Hall–Kier alpha value is 0.709. The van der Waals surface area contributed by atoms with Gasteiger partial charge in [-0.1, -0.05) is 6.92 Å². The maximum absolute atomic E-state index is 9.79. The number of hydrogen-bond donors (Lipinski definition) is 1. The van der Waals surface area contributed by atoms with Crippen molar-refractivity contribution >= 4 is 34.0 Å². The Balaban J connectivity index is 0. The first-order valence-electron chi connectivity index (χ1n) is 2.01. The van der Waals surface area contributed by atoms with Crippen molar-refractivity contribution in [3.8, 4) is 0 Å². The SMILES string of the molecule is CCCS(=O)(=O)O.[Sn]. The van der Waals surface area contributed by atoms with Gasteiger partial charge < -0.3 is 0 Å². The first kappa shape index (κ1) is 11.5. The van der Waals surface area contributed by atoms with Crippen molar-refractivity contribution in [2.45, 2.75) is 13.3 Å². The molecule has 0 bridgehead atoms. The fourth-order valence-corrected chi connectivity index (χ4v) is 0.774. The zero-order valence-corrected chi connectivity index (χ0v) is 8.26. The van der Waals surface area contributed by atoms with E-state index in [1.807, 2.05) is 0 Å². The first-order chi connectivity index (χ1) is 3.06. The van der Waals surface area contributed by atoms with Crippen molar-refractivity contribution in [2.75, 3.05) is 5.75 Å². The number of hydrogen-bond acceptors (Lipinski definition) is 2. The molecule has 0 saturated heterocycles. The summed E-state index contributed by atoms with van der Waals surface area (Å²) < 4.78 is 27.6. The van der Waals surface area contributed by atoms with E-state index in [1.165, 1.54) is 0 Å². The van der Waals surface area contributed by atoms with Gasteiger partial charge in [-0.15, -0.1) is 0 Å². The molecular weight excluding hydrogens is 235 g/mol. The third kappa shape index (κ3) is 9.86. The molecule has 0 atom stereocenters. The van der Waals surface area contributed by atoms with Crippen LogP contribution in [0.5, 0.6) is 0 Å². The number of rotatable bonds is 2. The molecule has 0 fully saturated rings. The molecule has 8 heavy (non-hydrogen) atoms. The molecule has 0 aliphatic carbocycles. The normalized spacial score (nSPS) is 10.2. The molecule has 5 heteroatoms. The summed E-state index contributed by atoms with van der Waals surface area (Å²) in [5.41, 5.74) is 0. The predicted octanol–water partition coefficient (Wildman–Crippen LogP) is -0.0966. The molecule has 48 valence electrons. The van der Waals surface area contributed by atoms with Gasteiger partial charge in [0.05, 0.1) is 5.75 Å². The molecule has 0 spiro atoms. The van der Waals surface area contributed by atoms with Gasteiger partial charge in [0.1, 0.15) is 0 Å². The van der Waals surface area contributed by atoms with Crippen molar-refractivity contribution < 1.29 is 13.0 Å². The van der Waals surface area contributed by atoms with Gasteiger partial charge in [-0.3, -0.25) is 4.55 Å². The van der Waals surface area contributed by atoms with E-state index in [2.05, 4.69) is 0 Å². The van der Waals surface area contributed by atoms with Gasteiger partial charge >= 0.3 is 0 Å². The average Bonchev–Trinajstić information content (AvgIpc) is 1.30. The molecule has 0 saturated carbocycles. The van der Waals surface area contributed by atoms with E-state index in [0.29, 0.717) is 6.42 Å². The molecule has 0 rings (SSSR count). The monoisotopic (exact) mass is 244 g/mol. The van der Waals surface area contributed by atoms with E-state index in [9.17, 15) is 8.42 Å². The molecular formula is C3H8O3SSn. The van der Waals surface area contributed by atoms with Crippen LogP contribution in [0.2, 0.25) is 0 Å². The zero-order chi connectivity index (χ0) is 5.91. The molecule has 0 unspecified atom stereocenters. The summed E-state index contributed by atoms with van der Waals surface area (Å²) >= 11 is 0. The molecule has 0 aliphatic heterocycles. The van der Waals surface area contributed by atoms with Crippen LogP contribution in [-0.4, -0.2) is 42.6 Å². The van der Waals surface area contributed by atoms with Crippen LogP contribution in [0.15, 0.2) is 0 Å². The van der Waals surface area contributed by atoms with Gasteiger partial charge in [0.2, 0.25) is 0 Å². The van der Waals surface area contributed by atoms with E-state index in [-0.39, 0.29) is 29.7 Å². The third-order valence-corrected chi connectivity index (χ3v) is 1.39. The molecule has 1 N–H and O–H groups in total. The Kier molecular flexibility index (Phi) is 6.58. The van der Waals surface area contributed by atoms with E-state index >= 15 is 0 Å². The van der Waals surface area contributed by atoms with Crippen molar-refractivity contribution in [3.63, 3.8) is 0 Å². The van der Waals surface area contributed by atoms with E-state index in [0.717, 1.165) is 0 Å². The standard InChI is InChI=1S/C3H8O3S.Sn/c1-2-3-7(4,5)6;/h2-3H2,1H3,(H,4,5,6);. The van der Waals surface area contributed by atoms with Crippen LogP contribution in [0.1, 0.15) is 13.3 Å². The predicted molar refractivity (Wildman–Crippen MR) is 32.5 cm³/mol. The largest absolute Gasteiger partial charge is 0.286 e.